The van der Waals surface area contributed by atoms with Gasteiger partial charge in [-0.3, -0.25) is 19.2 Å². The van der Waals surface area contributed by atoms with Crippen LogP contribution in [0.1, 0.15) is 47.0 Å². The van der Waals surface area contributed by atoms with Gasteiger partial charge in [-0.25, -0.2) is 4.79 Å². The van der Waals surface area contributed by atoms with Gasteiger partial charge in [-0.15, -0.1) is 0 Å². The van der Waals surface area contributed by atoms with Crippen LogP contribution in [0.3, 0.4) is 0 Å². The number of primary amides is 1. The predicted octanol–water partition coefficient (Wildman–Crippen LogP) is -1.25. The Hall–Kier alpha value is -2.34. The van der Waals surface area contributed by atoms with Crippen LogP contribution >= 0.6 is 12.6 Å². The molecule has 11 nitrogen and oxygen atoms in total. The van der Waals surface area contributed by atoms with Crippen LogP contribution in [0.5, 0.6) is 0 Å². The van der Waals surface area contributed by atoms with Crippen LogP contribution in [0.4, 0.5) is 0 Å². The second-order valence-electron chi connectivity index (χ2n) is 8.24. The van der Waals surface area contributed by atoms with Crippen molar-refractivity contribution < 1.29 is 29.1 Å². The van der Waals surface area contributed by atoms with Crippen LogP contribution in [-0.2, 0) is 24.0 Å². The number of rotatable bonds is 14. The van der Waals surface area contributed by atoms with Gasteiger partial charge in [-0.05, 0) is 24.7 Å². The van der Waals surface area contributed by atoms with E-state index < -0.39 is 60.2 Å². The summed E-state index contributed by atoms with van der Waals surface area (Å²) in [5, 5.41) is 16.6. The van der Waals surface area contributed by atoms with Crippen molar-refractivity contribution in [2.45, 2.75) is 71.1 Å². The molecule has 0 aromatic heterocycles. The van der Waals surface area contributed by atoms with Gasteiger partial charge in [0.25, 0.3) is 0 Å². The number of aliphatic carboxylic acids is 1. The largest absolute Gasteiger partial charge is 0.480 e. The third-order valence-electron chi connectivity index (χ3n) is 4.23. The lowest BCUT2D eigenvalue weighted by atomic mass is 10.00. The van der Waals surface area contributed by atoms with Crippen LogP contribution < -0.4 is 27.4 Å². The van der Waals surface area contributed by atoms with Gasteiger partial charge in [-0.2, -0.15) is 12.6 Å². The average molecular weight is 462 g/mol. The second kappa shape index (κ2) is 13.9. The maximum atomic E-state index is 12.7. The summed E-state index contributed by atoms with van der Waals surface area (Å²) in [5.41, 5.74) is 10.7. The van der Waals surface area contributed by atoms with E-state index in [-0.39, 0.29) is 30.4 Å². The molecule has 0 rings (SSSR count). The van der Waals surface area contributed by atoms with Crippen LogP contribution in [0.25, 0.3) is 0 Å². The Kier molecular flexibility index (Phi) is 12.8. The highest BCUT2D eigenvalue weighted by Gasteiger charge is 2.31. The van der Waals surface area contributed by atoms with Crippen molar-refractivity contribution in [1.29, 1.82) is 0 Å². The van der Waals surface area contributed by atoms with Gasteiger partial charge in [0.15, 0.2) is 0 Å². The fraction of sp³-hybridized carbons (Fsp3) is 0.737. The fourth-order valence-corrected chi connectivity index (χ4v) is 2.88. The number of nitrogens with one attached hydrogen (secondary N) is 3. The summed E-state index contributed by atoms with van der Waals surface area (Å²) in [7, 11) is 0. The summed E-state index contributed by atoms with van der Waals surface area (Å²) in [6.45, 7) is 7.29. The van der Waals surface area contributed by atoms with E-state index >= 15 is 0 Å². The molecule has 0 aliphatic carbocycles. The Balaban J connectivity index is 5.48. The first-order valence-corrected chi connectivity index (χ1v) is 10.7. The first-order valence-electron chi connectivity index (χ1n) is 10.1. The quantitative estimate of drug-likeness (QED) is 0.157. The van der Waals surface area contributed by atoms with Gasteiger partial charge in [0.1, 0.15) is 18.1 Å². The molecule has 0 fully saturated rings. The molecule has 0 bridgehead atoms. The third kappa shape index (κ3) is 11.6. The molecular formula is C19H35N5O6S. The number of amides is 4. The third-order valence-corrected chi connectivity index (χ3v) is 4.63. The summed E-state index contributed by atoms with van der Waals surface area (Å²) in [6, 6.07) is -4.54. The van der Waals surface area contributed by atoms with Gasteiger partial charge < -0.3 is 32.5 Å². The molecule has 0 aromatic rings. The van der Waals surface area contributed by atoms with Crippen molar-refractivity contribution in [2.24, 2.45) is 23.3 Å². The number of carboxylic acid groups (broad SMARTS) is 1. The fourth-order valence-electron chi connectivity index (χ4n) is 2.71. The molecular weight excluding hydrogens is 426 g/mol. The molecule has 31 heavy (non-hydrogen) atoms. The Labute approximate surface area is 187 Å². The zero-order valence-corrected chi connectivity index (χ0v) is 19.3. The van der Waals surface area contributed by atoms with Crippen molar-refractivity contribution in [2.75, 3.05) is 5.75 Å². The number of hydrogen-bond donors (Lipinski definition) is 7. The second-order valence-corrected chi connectivity index (χ2v) is 8.61. The first-order chi connectivity index (χ1) is 14.3. The normalized spacial score (nSPS) is 15.0. The van der Waals surface area contributed by atoms with Crippen molar-refractivity contribution in [1.82, 2.24) is 16.0 Å². The molecule has 0 saturated carbocycles. The number of carboxylic acids is 1. The summed E-state index contributed by atoms with van der Waals surface area (Å²) in [5.74, 6) is -4.20. The molecule has 8 N–H and O–H groups in total. The molecule has 4 atom stereocenters. The molecule has 0 aromatic carbocycles. The molecule has 4 unspecified atom stereocenters. The molecule has 178 valence electrons. The van der Waals surface area contributed by atoms with E-state index in [0.717, 1.165) is 0 Å². The van der Waals surface area contributed by atoms with E-state index in [1.165, 1.54) is 0 Å². The minimum atomic E-state index is -1.34. The Morgan fingerprint density at radius 2 is 1.23 bits per heavy atom. The van der Waals surface area contributed by atoms with Crippen LogP contribution in [0.15, 0.2) is 0 Å². The van der Waals surface area contributed by atoms with Gasteiger partial charge >= 0.3 is 5.97 Å². The van der Waals surface area contributed by atoms with Gasteiger partial charge in [-0.1, -0.05) is 27.7 Å². The summed E-state index contributed by atoms with van der Waals surface area (Å²) in [6.07, 6.45) is -0.0810. The molecule has 12 heteroatoms. The van der Waals surface area contributed by atoms with E-state index in [1.807, 2.05) is 27.7 Å². The van der Waals surface area contributed by atoms with Crippen molar-refractivity contribution in [3.8, 4) is 0 Å². The van der Waals surface area contributed by atoms with Crippen LogP contribution in [0.2, 0.25) is 0 Å². The molecule has 0 saturated heterocycles. The Morgan fingerprint density at radius 3 is 1.65 bits per heavy atom. The molecule has 4 amide bonds. The lowest BCUT2D eigenvalue weighted by Crippen LogP contribution is -2.58. The first kappa shape index (κ1) is 28.7. The van der Waals surface area contributed by atoms with E-state index in [4.69, 9.17) is 11.5 Å². The highest BCUT2D eigenvalue weighted by molar-refractivity contribution is 7.80. The standard InChI is InChI=1S/C19H35N5O6S/c1-9(2)5-12(17(27)24-14(19(29)30)6-10(3)4)23-18(28)13(7-15(21)25)22-16(26)11(20)8-31/h9-14,31H,5-8,20H2,1-4H3,(H2,21,25)(H,22,26)(H,23,28)(H,24,27)(H,29,30). The molecule has 0 aliphatic heterocycles. The monoisotopic (exact) mass is 461 g/mol. The lowest BCUT2D eigenvalue weighted by Gasteiger charge is -2.26. The number of nitrogens with two attached hydrogens (primary N) is 2. The smallest absolute Gasteiger partial charge is 0.326 e. The number of carbonyl (C=O) groups excluding carboxylic acids is 4. The van der Waals surface area contributed by atoms with Crippen molar-refractivity contribution >= 4 is 42.2 Å². The van der Waals surface area contributed by atoms with Gasteiger partial charge in [0, 0.05) is 5.75 Å². The van der Waals surface area contributed by atoms with Gasteiger partial charge in [0.05, 0.1) is 12.5 Å². The molecule has 0 radical (unpaired) electrons. The average Bonchev–Trinajstić information content (AvgIpc) is 2.64. The zero-order valence-electron chi connectivity index (χ0n) is 18.4. The highest BCUT2D eigenvalue weighted by Crippen LogP contribution is 2.09. The molecule has 0 heterocycles. The van der Waals surface area contributed by atoms with E-state index in [9.17, 15) is 29.1 Å². The highest BCUT2D eigenvalue weighted by atomic mass is 32.1. The number of hydrogen-bond acceptors (Lipinski definition) is 7. The molecule has 0 spiro atoms. The maximum absolute atomic E-state index is 12.7. The van der Waals surface area contributed by atoms with E-state index in [1.54, 1.807) is 0 Å². The molecule has 0 aliphatic rings. The predicted molar refractivity (Wildman–Crippen MR) is 118 cm³/mol. The van der Waals surface area contributed by atoms with E-state index in [0.29, 0.717) is 0 Å². The topological polar surface area (TPSA) is 194 Å². The van der Waals surface area contributed by atoms with Crippen molar-refractivity contribution in [3.63, 3.8) is 0 Å². The summed E-state index contributed by atoms with van der Waals surface area (Å²) in [4.78, 5) is 60.3. The van der Waals surface area contributed by atoms with Crippen molar-refractivity contribution in [3.05, 3.63) is 0 Å². The Morgan fingerprint density at radius 1 is 0.806 bits per heavy atom. The minimum Gasteiger partial charge on any atom is -0.480 e. The van der Waals surface area contributed by atoms with Crippen LogP contribution in [0, 0.1) is 11.8 Å². The number of thiol groups is 1. The SMILES string of the molecule is CC(C)CC(NC(=O)C(CC(C)C)NC(=O)C(CC(N)=O)NC(=O)C(N)CS)C(=O)O. The van der Waals surface area contributed by atoms with E-state index in [2.05, 4.69) is 28.6 Å². The van der Waals surface area contributed by atoms with Gasteiger partial charge in [0.2, 0.25) is 23.6 Å². The lowest BCUT2D eigenvalue weighted by molar-refractivity contribution is -0.143. The summed E-state index contributed by atoms with van der Waals surface area (Å²) >= 11 is 3.91. The maximum Gasteiger partial charge on any atom is 0.326 e. The minimum absolute atomic E-state index is 0.0154. The zero-order chi connectivity index (χ0) is 24.3. The summed E-state index contributed by atoms with van der Waals surface area (Å²) < 4.78 is 0. The Bertz CT molecular complexity index is 658. The van der Waals surface area contributed by atoms with Crippen LogP contribution in [-0.4, -0.2) is 64.6 Å². The number of carbonyl (C=O) groups is 5.